The largest absolute Gasteiger partial charge is 0.350 e. The molecule has 1 unspecified atom stereocenters. The Bertz CT molecular complexity index is 657. The number of amides is 1. The summed E-state index contributed by atoms with van der Waals surface area (Å²) < 4.78 is 1.84. The van der Waals surface area contributed by atoms with E-state index < -0.39 is 0 Å². The summed E-state index contributed by atoms with van der Waals surface area (Å²) >= 11 is 0. The lowest BCUT2D eigenvalue weighted by Crippen LogP contribution is -2.37. The maximum Gasteiger partial charge on any atom is 0.252 e. The monoisotopic (exact) mass is 361 g/mol. The maximum absolute atomic E-state index is 12.4. The zero-order chi connectivity index (χ0) is 15.6. The second-order valence-electron chi connectivity index (χ2n) is 5.63. The Morgan fingerprint density at radius 1 is 1.30 bits per heavy atom. The van der Waals surface area contributed by atoms with Crippen LogP contribution in [0.3, 0.4) is 0 Å². The van der Waals surface area contributed by atoms with E-state index in [-0.39, 0.29) is 42.8 Å². The maximum atomic E-state index is 12.4. The van der Waals surface area contributed by atoms with Gasteiger partial charge in [-0.15, -0.1) is 24.8 Å². The fourth-order valence-electron chi connectivity index (χ4n) is 2.15. The lowest BCUT2D eigenvalue weighted by Gasteiger charge is -2.12. The molecule has 6 nitrogen and oxygen atoms in total. The van der Waals surface area contributed by atoms with Crippen molar-refractivity contribution in [3.8, 4) is 0 Å². The van der Waals surface area contributed by atoms with Crippen molar-refractivity contribution in [2.45, 2.75) is 39.8 Å². The second-order valence-corrected chi connectivity index (χ2v) is 5.63. The minimum Gasteiger partial charge on any atom is -0.350 e. The van der Waals surface area contributed by atoms with E-state index in [1.54, 1.807) is 6.20 Å². The molecular formula is C15H25Cl2N5O. The number of fused-ring (bicyclic) bond motifs is 1. The summed E-state index contributed by atoms with van der Waals surface area (Å²) in [5, 5.41) is 11.2. The molecule has 0 aliphatic rings. The van der Waals surface area contributed by atoms with Crippen molar-refractivity contribution in [2.24, 2.45) is 0 Å². The van der Waals surface area contributed by atoms with Crippen LogP contribution in [0.4, 0.5) is 0 Å². The fraction of sp³-hybridized carbons (Fsp3) is 0.533. The van der Waals surface area contributed by atoms with Gasteiger partial charge in [0.25, 0.3) is 5.91 Å². The number of nitrogens with one attached hydrogen (secondary N) is 2. The second kappa shape index (κ2) is 9.05. The van der Waals surface area contributed by atoms with Gasteiger partial charge in [0.1, 0.15) is 0 Å². The van der Waals surface area contributed by atoms with Crippen molar-refractivity contribution in [2.75, 3.05) is 13.6 Å². The van der Waals surface area contributed by atoms with Crippen LogP contribution in [0.1, 0.15) is 42.9 Å². The molecule has 0 aromatic carbocycles. The lowest BCUT2D eigenvalue weighted by atomic mass is 10.1. The quantitative estimate of drug-likeness (QED) is 0.857. The van der Waals surface area contributed by atoms with Gasteiger partial charge in [0, 0.05) is 24.3 Å². The molecule has 0 bridgehead atoms. The number of carbonyl (C=O) groups excluding carboxylic acids is 1. The Morgan fingerprint density at radius 2 is 1.96 bits per heavy atom. The molecular weight excluding hydrogens is 337 g/mol. The van der Waals surface area contributed by atoms with Crippen molar-refractivity contribution >= 4 is 41.8 Å². The van der Waals surface area contributed by atoms with Gasteiger partial charge in [0.2, 0.25) is 0 Å². The van der Waals surface area contributed by atoms with Gasteiger partial charge in [-0.2, -0.15) is 5.10 Å². The van der Waals surface area contributed by atoms with Gasteiger partial charge < -0.3 is 10.6 Å². The average molecular weight is 362 g/mol. The van der Waals surface area contributed by atoms with E-state index >= 15 is 0 Å². The van der Waals surface area contributed by atoms with E-state index in [1.807, 2.05) is 45.5 Å². The van der Waals surface area contributed by atoms with E-state index in [0.717, 1.165) is 16.7 Å². The summed E-state index contributed by atoms with van der Waals surface area (Å²) in [5.74, 6) is -0.0871. The summed E-state index contributed by atoms with van der Waals surface area (Å²) in [6.45, 7) is 8.58. The normalized spacial score (nSPS) is 11.7. The molecule has 2 aromatic rings. The molecule has 130 valence electrons. The Hall–Kier alpha value is -1.37. The topological polar surface area (TPSA) is 71.8 Å². The Kier molecular flexibility index (Phi) is 8.52. The van der Waals surface area contributed by atoms with Gasteiger partial charge in [0.05, 0.1) is 17.1 Å². The van der Waals surface area contributed by atoms with E-state index in [4.69, 9.17) is 0 Å². The number of nitrogens with zero attached hydrogens (tertiary/aromatic N) is 3. The summed E-state index contributed by atoms with van der Waals surface area (Å²) in [7, 11) is 1.87. The molecule has 0 aliphatic carbocycles. The molecule has 2 heterocycles. The molecule has 2 N–H and O–H groups in total. The van der Waals surface area contributed by atoms with Crippen molar-refractivity contribution in [1.29, 1.82) is 0 Å². The number of halogens is 2. The van der Waals surface area contributed by atoms with E-state index in [9.17, 15) is 4.79 Å². The third-order valence-corrected chi connectivity index (χ3v) is 3.49. The van der Waals surface area contributed by atoms with Gasteiger partial charge in [-0.1, -0.05) is 0 Å². The molecule has 2 rings (SSSR count). The number of hydrogen-bond acceptors (Lipinski definition) is 4. The van der Waals surface area contributed by atoms with Gasteiger partial charge in [-0.3, -0.25) is 4.79 Å². The van der Waals surface area contributed by atoms with Gasteiger partial charge in [0.15, 0.2) is 5.65 Å². The smallest absolute Gasteiger partial charge is 0.252 e. The molecule has 0 saturated carbocycles. The van der Waals surface area contributed by atoms with E-state index in [0.29, 0.717) is 12.1 Å². The van der Waals surface area contributed by atoms with E-state index in [1.165, 1.54) is 0 Å². The minimum atomic E-state index is -0.0871. The Balaban J connectivity index is 0.00000242. The predicted octanol–water partition coefficient (Wildman–Crippen LogP) is 2.50. The number of rotatable bonds is 5. The number of aryl methyl sites for hydroxylation is 1. The third kappa shape index (κ3) is 4.80. The molecule has 0 fully saturated rings. The molecule has 0 aliphatic heterocycles. The van der Waals surface area contributed by atoms with Gasteiger partial charge in [-0.25, -0.2) is 9.67 Å². The van der Waals surface area contributed by atoms with E-state index in [2.05, 4.69) is 20.7 Å². The molecule has 2 aromatic heterocycles. The standard InChI is InChI=1S/C15H23N5O.2ClH/c1-9(2)20-14-13(8-18-20)12(6-10(3)19-14)15(21)17-7-11(4)16-5;;/h6,8-9,11,16H,7H2,1-5H3,(H,17,21);2*1H. The third-order valence-electron chi connectivity index (χ3n) is 3.49. The first-order valence-electron chi connectivity index (χ1n) is 7.24. The van der Waals surface area contributed by atoms with Crippen LogP contribution in [0.5, 0.6) is 0 Å². The number of likely N-dealkylation sites (N-methyl/N-ethyl adjacent to an activating group) is 1. The van der Waals surface area contributed by atoms with Gasteiger partial charge >= 0.3 is 0 Å². The van der Waals surface area contributed by atoms with Crippen molar-refractivity contribution in [3.63, 3.8) is 0 Å². The summed E-state index contributed by atoms with van der Waals surface area (Å²) in [4.78, 5) is 16.9. The lowest BCUT2D eigenvalue weighted by molar-refractivity contribution is 0.0952. The van der Waals surface area contributed by atoms with Crippen molar-refractivity contribution < 1.29 is 4.79 Å². The number of hydrogen-bond donors (Lipinski definition) is 2. The van der Waals surface area contributed by atoms with Crippen LogP contribution in [0, 0.1) is 6.92 Å². The Morgan fingerprint density at radius 3 is 2.52 bits per heavy atom. The van der Waals surface area contributed by atoms with Crippen LogP contribution in [-0.4, -0.2) is 40.3 Å². The first kappa shape index (κ1) is 21.6. The SMILES string of the molecule is CNC(C)CNC(=O)c1cc(C)nc2c1cnn2C(C)C.Cl.Cl. The van der Waals surface area contributed by atoms with Crippen LogP contribution in [0.2, 0.25) is 0 Å². The molecule has 8 heteroatoms. The van der Waals surface area contributed by atoms with Crippen LogP contribution in [-0.2, 0) is 0 Å². The number of aromatic nitrogens is 3. The molecule has 0 saturated heterocycles. The van der Waals surface area contributed by atoms with Gasteiger partial charge in [-0.05, 0) is 40.8 Å². The molecule has 1 atom stereocenters. The average Bonchev–Trinajstić information content (AvgIpc) is 2.86. The van der Waals surface area contributed by atoms with Crippen LogP contribution in [0.15, 0.2) is 12.3 Å². The van der Waals surface area contributed by atoms with Crippen molar-refractivity contribution in [3.05, 3.63) is 23.5 Å². The zero-order valence-corrected chi connectivity index (χ0v) is 15.7. The number of pyridine rings is 1. The number of carbonyl (C=O) groups is 1. The molecule has 1 amide bonds. The minimum absolute atomic E-state index is 0. The molecule has 23 heavy (non-hydrogen) atoms. The fourth-order valence-corrected chi connectivity index (χ4v) is 2.15. The first-order valence-corrected chi connectivity index (χ1v) is 7.24. The highest BCUT2D eigenvalue weighted by molar-refractivity contribution is 6.05. The highest BCUT2D eigenvalue weighted by Crippen LogP contribution is 2.20. The first-order chi connectivity index (χ1) is 9.93. The molecule has 0 spiro atoms. The van der Waals surface area contributed by atoms with Crippen LogP contribution >= 0.6 is 24.8 Å². The summed E-state index contributed by atoms with van der Waals surface area (Å²) in [6.07, 6.45) is 1.72. The predicted molar refractivity (Wildman–Crippen MR) is 98.0 cm³/mol. The Labute approximate surface area is 149 Å². The van der Waals surface area contributed by atoms with Crippen LogP contribution in [0.25, 0.3) is 11.0 Å². The van der Waals surface area contributed by atoms with Crippen LogP contribution < -0.4 is 10.6 Å². The highest BCUT2D eigenvalue weighted by atomic mass is 35.5. The zero-order valence-electron chi connectivity index (χ0n) is 14.1. The van der Waals surface area contributed by atoms with Crippen molar-refractivity contribution in [1.82, 2.24) is 25.4 Å². The highest BCUT2D eigenvalue weighted by Gasteiger charge is 2.16. The summed E-state index contributed by atoms with van der Waals surface area (Å²) in [6, 6.07) is 2.25. The summed E-state index contributed by atoms with van der Waals surface area (Å²) in [5.41, 5.74) is 2.21. The molecule has 0 radical (unpaired) electrons.